The summed E-state index contributed by atoms with van der Waals surface area (Å²) in [5.41, 5.74) is 2.76. The Labute approximate surface area is 143 Å². The Morgan fingerprint density at radius 2 is 1.91 bits per heavy atom. The van der Waals surface area contributed by atoms with Gasteiger partial charge in [0, 0.05) is 10.9 Å². The van der Waals surface area contributed by atoms with E-state index in [4.69, 9.17) is 0 Å². The summed E-state index contributed by atoms with van der Waals surface area (Å²) in [6, 6.07) is 9.89. The van der Waals surface area contributed by atoms with E-state index in [1.807, 2.05) is 42.6 Å². The molecule has 1 amide bonds. The minimum atomic E-state index is -0.146. The highest BCUT2D eigenvalue weighted by Gasteiger charge is 2.17. The van der Waals surface area contributed by atoms with Crippen LogP contribution in [0.1, 0.15) is 40.8 Å². The van der Waals surface area contributed by atoms with Crippen molar-refractivity contribution in [3.05, 3.63) is 52.0 Å². The van der Waals surface area contributed by atoms with Gasteiger partial charge in [-0.05, 0) is 12.8 Å². The molecule has 0 aliphatic carbocycles. The van der Waals surface area contributed by atoms with Crippen LogP contribution in [0.3, 0.4) is 0 Å². The van der Waals surface area contributed by atoms with Gasteiger partial charge in [0.2, 0.25) is 0 Å². The Bertz CT molecular complexity index is 821. The fourth-order valence-corrected chi connectivity index (χ4v) is 3.91. The fourth-order valence-electron chi connectivity index (χ4n) is 2.07. The zero-order valence-electron chi connectivity index (χ0n) is 13.2. The van der Waals surface area contributed by atoms with Gasteiger partial charge in [-0.15, -0.1) is 22.7 Å². The molecule has 118 valence electrons. The zero-order chi connectivity index (χ0) is 16.4. The average molecular weight is 343 g/mol. The predicted molar refractivity (Wildman–Crippen MR) is 96.4 cm³/mol. The lowest BCUT2D eigenvalue weighted by Gasteiger charge is -2.00. The molecule has 2 heterocycles. The summed E-state index contributed by atoms with van der Waals surface area (Å²) in [6.07, 6.45) is 0. The first-order valence-corrected chi connectivity index (χ1v) is 9.04. The van der Waals surface area contributed by atoms with Crippen molar-refractivity contribution in [2.45, 2.75) is 26.7 Å². The summed E-state index contributed by atoms with van der Waals surface area (Å²) in [6.45, 7) is 6.03. The first kappa shape index (κ1) is 15.8. The van der Waals surface area contributed by atoms with Crippen molar-refractivity contribution in [2.24, 2.45) is 0 Å². The van der Waals surface area contributed by atoms with Gasteiger partial charge in [-0.1, -0.05) is 44.2 Å². The lowest BCUT2D eigenvalue weighted by atomic mass is 10.2. The molecule has 0 saturated heterocycles. The molecule has 6 heteroatoms. The van der Waals surface area contributed by atoms with Crippen LogP contribution in [-0.4, -0.2) is 15.9 Å². The summed E-state index contributed by atoms with van der Waals surface area (Å²) in [7, 11) is 0. The molecule has 0 spiro atoms. The minimum absolute atomic E-state index is 0.146. The summed E-state index contributed by atoms with van der Waals surface area (Å²) in [4.78, 5) is 22.1. The van der Waals surface area contributed by atoms with Crippen molar-refractivity contribution >= 4 is 33.7 Å². The lowest BCUT2D eigenvalue weighted by Crippen LogP contribution is -2.11. The van der Waals surface area contributed by atoms with E-state index in [0.29, 0.717) is 15.9 Å². The molecule has 0 atom stereocenters. The van der Waals surface area contributed by atoms with Crippen molar-refractivity contribution in [2.75, 3.05) is 5.32 Å². The summed E-state index contributed by atoms with van der Waals surface area (Å²) < 4.78 is 0. The zero-order valence-corrected chi connectivity index (χ0v) is 14.8. The summed E-state index contributed by atoms with van der Waals surface area (Å²) >= 11 is 2.86. The Morgan fingerprint density at radius 3 is 2.57 bits per heavy atom. The Kier molecular flexibility index (Phi) is 4.54. The number of rotatable bonds is 4. The topological polar surface area (TPSA) is 54.9 Å². The van der Waals surface area contributed by atoms with Crippen LogP contribution in [0.15, 0.2) is 35.7 Å². The van der Waals surface area contributed by atoms with Crippen LogP contribution >= 0.6 is 22.7 Å². The van der Waals surface area contributed by atoms with E-state index in [1.54, 1.807) is 0 Å². The van der Waals surface area contributed by atoms with Crippen LogP contribution in [0.25, 0.3) is 10.6 Å². The molecule has 0 bridgehead atoms. The molecule has 0 fully saturated rings. The van der Waals surface area contributed by atoms with Crippen molar-refractivity contribution in [3.8, 4) is 10.6 Å². The van der Waals surface area contributed by atoms with Gasteiger partial charge in [-0.25, -0.2) is 9.97 Å². The highest BCUT2D eigenvalue weighted by molar-refractivity contribution is 7.17. The summed E-state index contributed by atoms with van der Waals surface area (Å²) in [5, 5.41) is 6.35. The first-order valence-electron chi connectivity index (χ1n) is 7.34. The number of nitrogens with zero attached hydrogens (tertiary/aromatic N) is 2. The van der Waals surface area contributed by atoms with Crippen LogP contribution in [0.2, 0.25) is 0 Å². The first-order chi connectivity index (χ1) is 11.0. The van der Waals surface area contributed by atoms with E-state index < -0.39 is 0 Å². The molecule has 1 N–H and O–H groups in total. The van der Waals surface area contributed by atoms with Crippen molar-refractivity contribution in [3.63, 3.8) is 0 Å². The van der Waals surface area contributed by atoms with E-state index in [-0.39, 0.29) is 5.91 Å². The molecule has 0 unspecified atom stereocenters. The SMILES string of the molecule is Cc1nc(-c2ccccc2)sc1C(=O)Nc1nc(C(C)C)cs1. The molecule has 0 aliphatic rings. The largest absolute Gasteiger partial charge is 0.297 e. The number of carbonyl (C=O) groups is 1. The number of benzene rings is 1. The van der Waals surface area contributed by atoms with Crippen LogP contribution in [0, 0.1) is 6.92 Å². The third kappa shape index (κ3) is 3.48. The maximum absolute atomic E-state index is 12.5. The molecule has 1 aromatic carbocycles. The fraction of sp³-hybridized carbons (Fsp3) is 0.235. The molecule has 0 saturated carbocycles. The number of hydrogen-bond acceptors (Lipinski definition) is 5. The maximum atomic E-state index is 12.5. The third-order valence-corrected chi connectivity index (χ3v) is 5.34. The monoisotopic (exact) mass is 343 g/mol. The van der Waals surface area contributed by atoms with Gasteiger partial charge in [0.1, 0.15) is 9.88 Å². The Hall–Kier alpha value is -2.05. The standard InChI is InChI=1S/C17H17N3OS2/c1-10(2)13-9-22-17(19-13)20-15(21)14-11(3)18-16(23-14)12-7-5-4-6-8-12/h4-10H,1-3H3,(H,19,20,21). The predicted octanol–water partition coefficient (Wildman–Crippen LogP) is 4.95. The van der Waals surface area contributed by atoms with Crippen LogP contribution in [0.5, 0.6) is 0 Å². The van der Waals surface area contributed by atoms with Crippen molar-refractivity contribution in [1.29, 1.82) is 0 Å². The molecule has 0 radical (unpaired) electrons. The van der Waals surface area contributed by atoms with E-state index in [0.717, 1.165) is 22.0 Å². The number of amides is 1. The number of aromatic nitrogens is 2. The molecule has 4 nitrogen and oxygen atoms in total. The second-order valence-corrected chi connectivity index (χ2v) is 7.34. The molecule has 3 aromatic rings. The average Bonchev–Trinajstić information content (AvgIpc) is 3.15. The van der Waals surface area contributed by atoms with E-state index in [2.05, 4.69) is 29.1 Å². The third-order valence-electron chi connectivity index (χ3n) is 3.36. The van der Waals surface area contributed by atoms with Gasteiger partial charge in [0.15, 0.2) is 5.13 Å². The van der Waals surface area contributed by atoms with Gasteiger partial charge < -0.3 is 0 Å². The van der Waals surface area contributed by atoms with Gasteiger partial charge in [0.25, 0.3) is 5.91 Å². The molecular formula is C17H17N3OS2. The quantitative estimate of drug-likeness (QED) is 0.729. The Morgan fingerprint density at radius 1 is 1.17 bits per heavy atom. The molecule has 3 rings (SSSR count). The highest BCUT2D eigenvalue weighted by Crippen LogP contribution is 2.29. The smallest absolute Gasteiger partial charge is 0.269 e. The highest BCUT2D eigenvalue weighted by atomic mass is 32.1. The van der Waals surface area contributed by atoms with Gasteiger partial charge in [0.05, 0.1) is 11.4 Å². The molecule has 0 aliphatic heterocycles. The van der Waals surface area contributed by atoms with Gasteiger partial charge >= 0.3 is 0 Å². The number of nitrogens with one attached hydrogen (secondary N) is 1. The number of hydrogen-bond donors (Lipinski definition) is 1. The number of anilines is 1. The van der Waals surface area contributed by atoms with Crippen LogP contribution < -0.4 is 5.32 Å². The Balaban J connectivity index is 1.81. The van der Waals surface area contributed by atoms with E-state index in [1.165, 1.54) is 22.7 Å². The normalized spacial score (nSPS) is 11.0. The summed E-state index contributed by atoms with van der Waals surface area (Å²) in [5.74, 6) is 0.207. The van der Waals surface area contributed by atoms with E-state index in [9.17, 15) is 4.79 Å². The maximum Gasteiger partial charge on any atom is 0.269 e. The second kappa shape index (κ2) is 6.60. The number of thiazole rings is 2. The van der Waals surface area contributed by atoms with Gasteiger partial charge in [-0.2, -0.15) is 0 Å². The van der Waals surface area contributed by atoms with Crippen LogP contribution in [-0.2, 0) is 0 Å². The molecular weight excluding hydrogens is 326 g/mol. The van der Waals surface area contributed by atoms with Gasteiger partial charge in [-0.3, -0.25) is 10.1 Å². The van der Waals surface area contributed by atoms with Crippen molar-refractivity contribution < 1.29 is 4.79 Å². The van der Waals surface area contributed by atoms with E-state index >= 15 is 0 Å². The van der Waals surface area contributed by atoms with Crippen LogP contribution in [0.4, 0.5) is 5.13 Å². The lowest BCUT2D eigenvalue weighted by molar-refractivity contribution is 0.103. The number of aryl methyl sites for hydroxylation is 1. The minimum Gasteiger partial charge on any atom is -0.297 e. The second-order valence-electron chi connectivity index (χ2n) is 5.49. The molecule has 2 aromatic heterocycles. The van der Waals surface area contributed by atoms with Crippen molar-refractivity contribution in [1.82, 2.24) is 9.97 Å². The number of carbonyl (C=O) groups excluding carboxylic acids is 1. The molecule has 23 heavy (non-hydrogen) atoms.